The molecule has 0 aromatic heterocycles. The van der Waals surface area contributed by atoms with Gasteiger partial charge in [0.05, 0.1) is 25.9 Å². The summed E-state index contributed by atoms with van der Waals surface area (Å²) in [6, 6.07) is -1.09. The molecule has 4 unspecified atom stereocenters. The van der Waals surface area contributed by atoms with E-state index in [0.29, 0.717) is 0 Å². The third-order valence-electron chi connectivity index (χ3n) is 3.79. The highest BCUT2D eigenvalue weighted by Gasteiger charge is 2.44. The normalized spacial score (nSPS) is 32.6. The predicted octanol–water partition coefficient (Wildman–Crippen LogP) is -5.70. The molecule has 1 saturated heterocycles. The van der Waals surface area contributed by atoms with E-state index in [4.69, 9.17) is 51.0 Å². The van der Waals surface area contributed by atoms with Crippen molar-refractivity contribution in [1.29, 1.82) is 0 Å². The maximum atomic E-state index is 10.6. The molecular weight excluding hydrogens is 374 g/mol. The zero-order valence-electron chi connectivity index (χ0n) is 14.6. The van der Waals surface area contributed by atoms with Crippen LogP contribution in [0.2, 0.25) is 0 Å². The number of hydrogen-bond acceptors (Lipinski definition) is 12. The van der Waals surface area contributed by atoms with Crippen LogP contribution in [0.4, 0.5) is 0 Å². The van der Waals surface area contributed by atoms with E-state index in [9.17, 15) is 15.0 Å². The molecule has 0 aromatic carbocycles. The van der Waals surface area contributed by atoms with E-state index in [0.717, 1.165) is 0 Å². The smallest absolute Gasteiger partial charge is 0.332 e. The molecule has 1 aliphatic heterocycles. The zero-order valence-corrected chi connectivity index (χ0v) is 14.6. The van der Waals surface area contributed by atoms with Crippen LogP contribution >= 0.6 is 0 Å². The Balaban J connectivity index is 0.000000580. The molecule has 1 aliphatic rings. The van der Waals surface area contributed by atoms with Gasteiger partial charge in [0.2, 0.25) is 0 Å². The van der Waals surface area contributed by atoms with E-state index in [-0.39, 0.29) is 0 Å². The van der Waals surface area contributed by atoms with Crippen molar-refractivity contribution in [1.82, 2.24) is 0 Å². The monoisotopic (exact) mass is 403 g/mol. The number of carboxylic acid groups (broad SMARTS) is 1. The molecule has 0 saturated carbocycles. The third-order valence-corrected chi connectivity index (χ3v) is 3.79. The standard InChI is InChI=1S/C9H17NO7.C5H12O5/c1-3(8(13)14)16-7-5(10)9(15)17-4(2-11)6(7)12;6-1-3(8)5(10)4(9)2-7/h3-7,9,11-12,15H,2,10H2,1H3,(H,13,14);3-10H,1-2H2/t3?,4-,5-,6-,7-,9?;/m1./s1. The number of aliphatic hydroxyl groups is 8. The molecule has 0 bridgehead atoms. The van der Waals surface area contributed by atoms with Crippen molar-refractivity contribution in [3.8, 4) is 0 Å². The van der Waals surface area contributed by atoms with Gasteiger partial charge in [0.25, 0.3) is 0 Å². The lowest BCUT2D eigenvalue weighted by atomic mass is 9.97. The fourth-order valence-electron chi connectivity index (χ4n) is 2.04. The van der Waals surface area contributed by atoms with Gasteiger partial charge in [-0.1, -0.05) is 0 Å². The minimum atomic E-state index is -1.49. The van der Waals surface area contributed by atoms with Crippen molar-refractivity contribution in [2.75, 3.05) is 19.8 Å². The fourth-order valence-corrected chi connectivity index (χ4v) is 2.04. The summed E-state index contributed by atoms with van der Waals surface area (Å²) in [4.78, 5) is 10.6. The van der Waals surface area contributed by atoms with Gasteiger partial charge in [-0.3, -0.25) is 0 Å². The molecule has 27 heavy (non-hydrogen) atoms. The molecule has 0 amide bonds. The van der Waals surface area contributed by atoms with Gasteiger partial charge in [-0.25, -0.2) is 4.79 Å². The molecular formula is C14H29NO12. The van der Waals surface area contributed by atoms with E-state index in [1.165, 1.54) is 6.92 Å². The molecule has 0 spiro atoms. The highest BCUT2D eigenvalue weighted by molar-refractivity contribution is 5.71. The van der Waals surface area contributed by atoms with E-state index in [1.54, 1.807) is 0 Å². The Morgan fingerprint density at radius 1 is 1.11 bits per heavy atom. The van der Waals surface area contributed by atoms with E-state index in [1.807, 2.05) is 0 Å². The molecule has 1 heterocycles. The average molecular weight is 403 g/mol. The highest BCUT2D eigenvalue weighted by Crippen LogP contribution is 2.22. The van der Waals surface area contributed by atoms with Gasteiger partial charge < -0.3 is 61.2 Å². The van der Waals surface area contributed by atoms with Gasteiger partial charge in [-0.15, -0.1) is 0 Å². The summed E-state index contributed by atoms with van der Waals surface area (Å²) in [5.41, 5.74) is 5.54. The van der Waals surface area contributed by atoms with Gasteiger partial charge in [-0.05, 0) is 6.92 Å². The molecule has 13 nitrogen and oxygen atoms in total. The Morgan fingerprint density at radius 3 is 1.96 bits per heavy atom. The summed E-state index contributed by atoms with van der Waals surface area (Å²) in [6.45, 7) is -0.541. The number of hydrogen-bond donors (Lipinski definition) is 10. The molecule has 1 fully saturated rings. The van der Waals surface area contributed by atoms with Gasteiger partial charge >= 0.3 is 5.97 Å². The Hall–Kier alpha value is -0.970. The lowest BCUT2D eigenvalue weighted by Crippen LogP contribution is -2.63. The van der Waals surface area contributed by atoms with Crippen LogP contribution in [0.3, 0.4) is 0 Å². The van der Waals surface area contributed by atoms with Crippen molar-refractivity contribution < 1.29 is 60.2 Å². The Bertz CT molecular complexity index is 417. The molecule has 13 heteroatoms. The third kappa shape index (κ3) is 7.89. The van der Waals surface area contributed by atoms with Gasteiger partial charge in [0.1, 0.15) is 36.6 Å². The fraction of sp³-hybridized carbons (Fsp3) is 0.929. The van der Waals surface area contributed by atoms with Crippen molar-refractivity contribution in [3.05, 3.63) is 0 Å². The van der Waals surface area contributed by atoms with Crippen LogP contribution in [0.15, 0.2) is 0 Å². The maximum absolute atomic E-state index is 10.6. The van der Waals surface area contributed by atoms with Crippen LogP contribution in [0.25, 0.3) is 0 Å². The summed E-state index contributed by atoms with van der Waals surface area (Å²) in [7, 11) is 0. The maximum Gasteiger partial charge on any atom is 0.332 e. The predicted molar refractivity (Wildman–Crippen MR) is 86.1 cm³/mol. The number of aliphatic carboxylic acids is 1. The second-order valence-corrected chi connectivity index (χ2v) is 5.89. The molecule has 0 aromatic rings. The topological polar surface area (TPSA) is 244 Å². The first-order valence-corrected chi connectivity index (χ1v) is 8.03. The largest absolute Gasteiger partial charge is 0.479 e. The number of carboxylic acids is 1. The van der Waals surface area contributed by atoms with E-state index in [2.05, 4.69) is 0 Å². The van der Waals surface area contributed by atoms with Crippen LogP contribution in [0.1, 0.15) is 6.92 Å². The second kappa shape index (κ2) is 12.5. The number of ether oxygens (including phenoxy) is 2. The van der Waals surface area contributed by atoms with E-state index >= 15 is 0 Å². The lowest BCUT2D eigenvalue weighted by molar-refractivity contribution is -0.262. The zero-order chi connectivity index (χ0) is 21.3. The minimum Gasteiger partial charge on any atom is -0.479 e. The van der Waals surface area contributed by atoms with Crippen LogP contribution in [-0.4, -0.2) is 127 Å². The molecule has 8 atom stereocenters. The number of carbonyl (C=O) groups is 1. The van der Waals surface area contributed by atoms with Gasteiger partial charge in [0, 0.05) is 0 Å². The van der Waals surface area contributed by atoms with Crippen LogP contribution in [0.5, 0.6) is 0 Å². The van der Waals surface area contributed by atoms with Crippen molar-refractivity contribution in [2.24, 2.45) is 5.73 Å². The first kappa shape index (κ1) is 26.0. The molecule has 162 valence electrons. The van der Waals surface area contributed by atoms with Gasteiger partial charge in [0.15, 0.2) is 12.4 Å². The Labute approximate surface area is 154 Å². The van der Waals surface area contributed by atoms with Crippen molar-refractivity contribution in [3.63, 3.8) is 0 Å². The molecule has 11 N–H and O–H groups in total. The quantitative estimate of drug-likeness (QED) is 0.182. The molecule has 0 aliphatic carbocycles. The first-order valence-electron chi connectivity index (χ1n) is 8.03. The number of nitrogens with two attached hydrogens (primary N) is 1. The lowest BCUT2D eigenvalue weighted by Gasteiger charge is -2.41. The van der Waals surface area contributed by atoms with Crippen LogP contribution in [-0.2, 0) is 14.3 Å². The van der Waals surface area contributed by atoms with Gasteiger partial charge in [-0.2, -0.15) is 0 Å². The summed E-state index contributed by atoms with van der Waals surface area (Å²) in [5, 5.41) is 79.4. The molecule has 0 radical (unpaired) electrons. The van der Waals surface area contributed by atoms with Crippen molar-refractivity contribution >= 4 is 5.97 Å². The number of aliphatic hydroxyl groups excluding tert-OH is 8. The van der Waals surface area contributed by atoms with Crippen LogP contribution < -0.4 is 5.73 Å². The average Bonchev–Trinajstić information content (AvgIpc) is 2.66. The van der Waals surface area contributed by atoms with E-state index < -0.39 is 80.8 Å². The second-order valence-electron chi connectivity index (χ2n) is 5.89. The summed E-state index contributed by atoms with van der Waals surface area (Å²) in [5.74, 6) is -1.22. The SMILES string of the molecule is CC(O[C@H]1[C@H](O)[C@@H](CO)OC(O)[C@@H]1N)C(=O)O.OCC(O)C(O)C(O)CO. The first-order chi connectivity index (χ1) is 12.5. The molecule has 1 rings (SSSR count). The Kier molecular flexibility index (Phi) is 12.0. The summed E-state index contributed by atoms with van der Waals surface area (Å²) >= 11 is 0. The highest BCUT2D eigenvalue weighted by atomic mass is 16.6. The summed E-state index contributed by atoms with van der Waals surface area (Å²) in [6.07, 6.45) is -10.4. The summed E-state index contributed by atoms with van der Waals surface area (Å²) < 4.78 is 9.89. The minimum absolute atomic E-state index is 0.535. The van der Waals surface area contributed by atoms with Crippen molar-refractivity contribution in [2.45, 2.75) is 62.0 Å². The van der Waals surface area contributed by atoms with Crippen LogP contribution in [0, 0.1) is 0 Å². The number of rotatable bonds is 8. The Morgan fingerprint density at radius 2 is 1.59 bits per heavy atom.